The number of hydrogen-bond donors (Lipinski definition) is 0. The van der Waals surface area contributed by atoms with Gasteiger partial charge in [-0.05, 0) is 24.3 Å². The third-order valence-electron chi connectivity index (χ3n) is 6.06. The highest BCUT2D eigenvalue weighted by molar-refractivity contribution is 9.10. The van der Waals surface area contributed by atoms with Gasteiger partial charge in [0.15, 0.2) is 0 Å². The number of hydrogen-bond acceptors (Lipinski definition) is 2. The maximum absolute atomic E-state index is 7.08. The van der Waals surface area contributed by atoms with Crippen LogP contribution in [-0.4, -0.2) is 10.8 Å². The maximum atomic E-state index is 7.08. The van der Waals surface area contributed by atoms with Gasteiger partial charge in [-0.2, -0.15) is 0 Å². The molecule has 42 heavy (non-hydrogen) atoms. The van der Waals surface area contributed by atoms with Gasteiger partial charge in [0.05, 0.1) is 51.0 Å². The first-order valence-electron chi connectivity index (χ1n) is 10.6. The molecule has 2 aromatic rings. The van der Waals surface area contributed by atoms with Gasteiger partial charge in [-0.1, -0.05) is 193 Å². The Labute approximate surface area is 336 Å². The summed E-state index contributed by atoms with van der Waals surface area (Å²) < 4.78 is -2.03. The van der Waals surface area contributed by atoms with Crippen molar-refractivity contribution in [2.75, 3.05) is 0 Å². The minimum atomic E-state index is -1.60. The number of alkyl halides is 2. The van der Waals surface area contributed by atoms with Crippen molar-refractivity contribution in [1.82, 2.24) is 0 Å². The summed E-state index contributed by atoms with van der Waals surface area (Å²) in [5.41, 5.74) is 0.543. The van der Waals surface area contributed by atoms with Crippen LogP contribution in [0.1, 0.15) is 11.1 Å². The minimum Gasteiger partial charge on any atom is -0.114 e. The first-order chi connectivity index (χ1) is 19.4. The van der Waals surface area contributed by atoms with Gasteiger partial charge in [0.25, 0.3) is 0 Å². The summed E-state index contributed by atoms with van der Waals surface area (Å²) >= 11 is 102. The largest absolute Gasteiger partial charge is 0.114 e. The second-order valence-corrected chi connectivity index (χ2v) is 18.5. The maximum Gasteiger partial charge on any atom is 0.112 e. The van der Waals surface area contributed by atoms with Crippen LogP contribution in [0.3, 0.4) is 0 Å². The molecule has 226 valence electrons. The van der Waals surface area contributed by atoms with Gasteiger partial charge in [0.2, 0.25) is 0 Å². The van der Waals surface area contributed by atoms with Crippen LogP contribution in [0.15, 0.2) is 73.5 Å². The summed E-state index contributed by atoms with van der Waals surface area (Å²) in [5.74, 6) is 0. The Hall–Kier alpha value is 3.12. The van der Waals surface area contributed by atoms with Gasteiger partial charge < -0.3 is 0 Å². The lowest BCUT2D eigenvalue weighted by atomic mass is 9.89. The molecular formula is C24H6Br2Cl14S2. The van der Waals surface area contributed by atoms with E-state index in [4.69, 9.17) is 162 Å². The highest BCUT2D eigenvalue weighted by atomic mass is 79.9. The average Bonchev–Trinajstić information content (AvgIpc) is 2.91. The standard InChI is InChI=1S/C24H6Br2Cl14S2/c25-5-1-7(27)11(8(28)2-5)23(19(37)15(33)13(31)16(34)20(23)38)41-42-24(12-9(29)3-6(26)4-10(12)30)21(39)17(35)14(32)18(36)22(24)40/h1-4,19,21H. The molecule has 0 nitrogen and oxygen atoms in total. The average molecular weight is 1010 g/mol. The van der Waals surface area contributed by atoms with Crippen LogP contribution < -0.4 is 0 Å². The summed E-state index contributed by atoms with van der Waals surface area (Å²) in [6, 6.07) is 6.43. The first-order valence-corrected chi connectivity index (χ1v) is 19.8. The zero-order chi connectivity index (χ0) is 31.6. The van der Waals surface area contributed by atoms with Gasteiger partial charge in [-0.3, -0.25) is 0 Å². The van der Waals surface area contributed by atoms with Crippen molar-refractivity contribution in [3.05, 3.63) is 105 Å². The number of rotatable bonds is 5. The molecule has 4 unspecified atom stereocenters. The Morgan fingerprint density at radius 1 is 0.476 bits per heavy atom. The lowest BCUT2D eigenvalue weighted by Crippen LogP contribution is -2.41. The Kier molecular flexibility index (Phi) is 13.1. The second kappa shape index (κ2) is 14.5. The number of allylic oxidation sites excluding steroid dienone is 6. The van der Waals surface area contributed by atoms with E-state index in [0.29, 0.717) is 8.95 Å². The zero-order valence-electron chi connectivity index (χ0n) is 19.3. The zero-order valence-corrected chi connectivity index (χ0v) is 34.7. The molecule has 2 aliphatic carbocycles. The number of halogens is 16. The fourth-order valence-corrected chi connectivity index (χ4v) is 15.8. The third-order valence-corrected chi connectivity index (χ3v) is 17.6. The van der Waals surface area contributed by atoms with E-state index in [1.54, 1.807) is 24.3 Å². The molecule has 0 aliphatic heterocycles. The summed E-state index contributed by atoms with van der Waals surface area (Å²) in [7, 11) is 2.05. The molecule has 2 aliphatic rings. The molecule has 0 amide bonds. The Morgan fingerprint density at radius 2 is 0.738 bits per heavy atom. The summed E-state index contributed by atoms with van der Waals surface area (Å²) in [4.78, 5) is 0. The third kappa shape index (κ3) is 6.31. The minimum absolute atomic E-state index is 0.0173. The van der Waals surface area contributed by atoms with E-state index >= 15 is 0 Å². The molecule has 0 saturated heterocycles. The predicted molar refractivity (Wildman–Crippen MR) is 201 cm³/mol. The second-order valence-electron chi connectivity index (χ2n) is 8.43. The highest BCUT2D eigenvalue weighted by Gasteiger charge is 2.58. The number of benzene rings is 2. The molecule has 0 aromatic heterocycles. The van der Waals surface area contributed by atoms with E-state index < -0.39 is 20.2 Å². The van der Waals surface area contributed by atoms with Crippen molar-refractivity contribution < 1.29 is 0 Å². The lowest BCUT2D eigenvalue weighted by molar-refractivity contribution is 0.754. The van der Waals surface area contributed by atoms with Crippen molar-refractivity contribution in [2.45, 2.75) is 20.2 Å². The van der Waals surface area contributed by atoms with Gasteiger partial charge in [0, 0.05) is 40.2 Å². The van der Waals surface area contributed by atoms with Crippen LogP contribution in [0.5, 0.6) is 0 Å². The quantitative estimate of drug-likeness (QED) is 0.216. The van der Waals surface area contributed by atoms with Crippen LogP contribution in [0, 0.1) is 0 Å². The first kappa shape index (κ1) is 37.9. The van der Waals surface area contributed by atoms with Gasteiger partial charge in [-0.25, -0.2) is 0 Å². The van der Waals surface area contributed by atoms with Crippen molar-refractivity contribution in [2.24, 2.45) is 0 Å². The highest BCUT2D eigenvalue weighted by Crippen LogP contribution is 2.71. The van der Waals surface area contributed by atoms with Gasteiger partial charge >= 0.3 is 0 Å². The monoisotopic (exact) mass is 1010 g/mol. The smallest absolute Gasteiger partial charge is 0.112 e. The summed E-state index contributed by atoms with van der Waals surface area (Å²) in [6.45, 7) is 0. The summed E-state index contributed by atoms with van der Waals surface area (Å²) in [6.07, 6.45) is 0. The molecule has 0 N–H and O–H groups in total. The predicted octanol–water partition coefficient (Wildman–Crippen LogP) is 16.3. The van der Waals surface area contributed by atoms with Crippen LogP contribution in [-0.2, 0) is 9.49 Å². The van der Waals surface area contributed by atoms with E-state index in [-0.39, 0.29) is 71.5 Å². The molecule has 18 heteroatoms. The normalized spacial score (nSPS) is 27.0. The molecule has 4 rings (SSSR count). The van der Waals surface area contributed by atoms with Gasteiger partial charge in [0.1, 0.15) is 9.49 Å². The van der Waals surface area contributed by atoms with Crippen LogP contribution >= 0.6 is 216 Å². The molecule has 0 heterocycles. The molecule has 0 spiro atoms. The van der Waals surface area contributed by atoms with Crippen molar-refractivity contribution in [1.29, 1.82) is 0 Å². The topological polar surface area (TPSA) is 0 Å². The fraction of sp³-hybridized carbons (Fsp3) is 0.167. The molecule has 0 saturated carbocycles. The van der Waals surface area contributed by atoms with Crippen molar-refractivity contribution in [3.8, 4) is 0 Å². The van der Waals surface area contributed by atoms with E-state index in [1.807, 2.05) is 0 Å². The van der Waals surface area contributed by atoms with Crippen LogP contribution in [0.4, 0.5) is 0 Å². The van der Waals surface area contributed by atoms with Crippen LogP contribution in [0.25, 0.3) is 0 Å². The fourth-order valence-electron chi connectivity index (χ4n) is 4.17. The van der Waals surface area contributed by atoms with E-state index in [9.17, 15) is 0 Å². The molecular weight excluding hydrogens is 1010 g/mol. The molecule has 0 bridgehead atoms. The molecule has 2 aromatic carbocycles. The van der Waals surface area contributed by atoms with E-state index in [1.165, 1.54) is 0 Å². The SMILES string of the molecule is ClC1=C(Cl)C(Cl)C(SSC2(c3c(Cl)cc(Br)cc3Cl)C(Cl)=C(Cl)C(Cl)=C(Cl)C2Cl)(c2c(Cl)cc(Br)cc2Cl)C(Cl)=C1Cl. The van der Waals surface area contributed by atoms with Crippen molar-refractivity contribution in [3.63, 3.8) is 0 Å². The van der Waals surface area contributed by atoms with Crippen molar-refractivity contribution >= 4 is 216 Å². The Morgan fingerprint density at radius 3 is 1.00 bits per heavy atom. The van der Waals surface area contributed by atoms with E-state index in [0.717, 1.165) is 21.6 Å². The van der Waals surface area contributed by atoms with Crippen LogP contribution in [0.2, 0.25) is 20.1 Å². The Balaban J connectivity index is 2.08. The van der Waals surface area contributed by atoms with E-state index in [2.05, 4.69) is 31.9 Å². The molecule has 0 fully saturated rings. The van der Waals surface area contributed by atoms with Gasteiger partial charge in [-0.15, -0.1) is 23.2 Å². The lowest BCUT2D eigenvalue weighted by Gasteiger charge is -2.46. The molecule has 4 atom stereocenters. The Bertz CT molecular complexity index is 1470. The molecule has 0 radical (unpaired) electrons. The summed E-state index contributed by atoms with van der Waals surface area (Å²) in [5, 5.41) is -1.98.